The highest BCUT2D eigenvalue weighted by Gasteiger charge is 2.12. The minimum Gasteiger partial charge on any atom is -0.372 e. The van der Waals surface area contributed by atoms with Crippen LogP contribution in [-0.4, -0.2) is 44.9 Å². The topological polar surface area (TPSA) is 62.0 Å². The van der Waals surface area contributed by atoms with E-state index >= 15 is 0 Å². The fourth-order valence-corrected chi connectivity index (χ4v) is 4.32. The van der Waals surface area contributed by atoms with E-state index < -0.39 is 10.1 Å². The van der Waals surface area contributed by atoms with Crippen molar-refractivity contribution in [2.75, 3.05) is 36.8 Å². The third-order valence-electron chi connectivity index (χ3n) is 5.89. The minimum absolute atomic E-state index is 0.179. The summed E-state index contributed by atoms with van der Waals surface area (Å²) in [4.78, 5) is 3.69. The van der Waals surface area contributed by atoms with E-state index in [9.17, 15) is 8.42 Å². The number of unbranched alkanes of at least 4 members (excludes halogenated alkanes) is 2. The number of quaternary nitrogens is 1. The summed E-state index contributed by atoms with van der Waals surface area (Å²) in [5, 5.41) is 0. The van der Waals surface area contributed by atoms with Crippen LogP contribution in [0.15, 0.2) is 65.9 Å². The van der Waals surface area contributed by atoms with Gasteiger partial charge in [0.15, 0.2) is 0 Å². The van der Waals surface area contributed by atoms with E-state index in [1.54, 1.807) is 0 Å². The molecule has 1 aliphatic heterocycles. The second-order valence-corrected chi connectivity index (χ2v) is 10.3. The van der Waals surface area contributed by atoms with E-state index in [0.717, 1.165) is 19.6 Å². The van der Waals surface area contributed by atoms with Crippen molar-refractivity contribution >= 4 is 21.9 Å². The van der Waals surface area contributed by atoms with E-state index in [2.05, 4.69) is 86.5 Å². The highest BCUT2D eigenvalue weighted by Crippen LogP contribution is 2.18. The van der Waals surface area contributed by atoms with Crippen LogP contribution < -0.4 is 9.80 Å². The maximum atomic E-state index is 10.8. The molecule has 0 aliphatic carbocycles. The van der Waals surface area contributed by atoms with Gasteiger partial charge in [-0.15, -0.1) is 0 Å². The number of nitrogens with zero attached hydrogens (tertiary/aromatic N) is 1. The molecule has 5 nitrogen and oxygen atoms in total. The van der Waals surface area contributed by atoms with Gasteiger partial charge in [0, 0.05) is 25.2 Å². The average molecular weight is 474 g/mol. The molecule has 1 aromatic rings. The van der Waals surface area contributed by atoms with Crippen LogP contribution in [0.25, 0.3) is 6.08 Å². The first kappa shape index (κ1) is 27.1. The third-order valence-corrected chi connectivity index (χ3v) is 6.70. The lowest BCUT2D eigenvalue weighted by Gasteiger charge is -2.24. The van der Waals surface area contributed by atoms with Gasteiger partial charge in [-0.2, -0.15) is 8.42 Å². The molecule has 0 spiro atoms. The molecule has 2 rings (SSSR count). The van der Waals surface area contributed by atoms with Crippen LogP contribution in [-0.2, 0) is 10.1 Å². The molecule has 1 unspecified atom stereocenters. The molecule has 0 aromatic heterocycles. The second-order valence-electron chi connectivity index (χ2n) is 8.74. The number of hydrogen-bond donors (Lipinski definition) is 2. The van der Waals surface area contributed by atoms with Crippen molar-refractivity contribution in [2.24, 2.45) is 0 Å². The zero-order valence-electron chi connectivity index (χ0n) is 20.5. The SMILES string of the molecule is CCCCN(CCCC)c1ccc(C=CC=C(C)C2=CC[NH+](CCCS(=O)(=O)O)C=C2)cc1. The normalized spacial score (nSPS) is 16.9. The minimum atomic E-state index is -3.87. The van der Waals surface area contributed by atoms with Crippen LogP contribution in [0.3, 0.4) is 0 Å². The molecule has 0 saturated carbocycles. The molecule has 33 heavy (non-hydrogen) atoms. The Morgan fingerprint density at radius 1 is 1.09 bits per heavy atom. The summed E-state index contributed by atoms with van der Waals surface area (Å²) in [5.74, 6) is -0.179. The standard InChI is InChI=1S/C27H40N2O3S/c1-4-6-19-29(20-7-5-2)27-14-12-25(13-15-27)11-8-10-24(3)26-16-21-28(22-17-26)18-9-23-33(30,31)32/h8,10-17,21H,4-7,9,18-20,22-23H2,1-3H3,(H,30,31,32)/p+1. The molecule has 0 saturated heterocycles. The Kier molecular flexibility index (Phi) is 11.6. The number of allylic oxidation sites excluding steroid dienone is 5. The van der Waals surface area contributed by atoms with E-state index in [0.29, 0.717) is 13.0 Å². The Labute approximate surface area is 200 Å². The summed E-state index contributed by atoms with van der Waals surface area (Å²) in [6.07, 6.45) is 18.0. The van der Waals surface area contributed by atoms with Crippen LogP contribution in [0.1, 0.15) is 58.4 Å². The summed E-state index contributed by atoms with van der Waals surface area (Å²) in [7, 11) is -3.87. The number of hydrogen-bond acceptors (Lipinski definition) is 3. The van der Waals surface area contributed by atoms with Gasteiger partial charge in [0.1, 0.15) is 6.54 Å². The van der Waals surface area contributed by atoms with Gasteiger partial charge in [-0.05, 0) is 60.8 Å². The van der Waals surface area contributed by atoms with Crippen molar-refractivity contribution in [2.45, 2.75) is 52.9 Å². The molecule has 1 atom stereocenters. The smallest absolute Gasteiger partial charge is 0.265 e. The molecule has 6 heteroatoms. The molecule has 182 valence electrons. The maximum absolute atomic E-state index is 10.8. The molecule has 0 amide bonds. The predicted molar refractivity (Wildman–Crippen MR) is 140 cm³/mol. The summed E-state index contributed by atoms with van der Waals surface area (Å²) < 4.78 is 30.5. The first-order valence-corrected chi connectivity index (χ1v) is 13.8. The van der Waals surface area contributed by atoms with Crippen LogP contribution in [0.2, 0.25) is 0 Å². The molecule has 2 N–H and O–H groups in total. The lowest BCUT2D eigenvalue weighted by atomic mass is 10.0. The van der Waals surface area contributed by atoms with Crippen molar-refractivity contribution in [1.29, 1.82) is 0 Å². The molecule has 1 aromatic carbocycles. The van der Waals surface area contributed by atoms with Gasteiger partial charge in [0.2, 0.25) is 0 Å². The van der Waals surface area contributed by atoms with Crippen molar-refractivity contribution in [1.82, 2.24) is 0 Å². The van der Waals surface area contributed by atoms with Crippen LogP contribution in [0.4, 0.5) is 5.69 Å². The van der Waals surface area contributed by atoms with Crippen LogP contribution in [0, 0.1) is 0 Å². The lowest BCUT2D eigenvalue weighted by Crippen LogP contribution is -3.07. The Hall–Kier alpha value is -2.15. The van der Waals surface area contributed by atoms with Crippen LogP contribution >= 0.6 is 0 Å². The lowest BCUT2D eigenvalue weighted by molar-refractivity contribution is -0.841. The Bertz CT molecular complexity index is 936. The second kappa shape index (κ2) is 14.2. The van der Waals surface area contributed by atoms with Gasteiger partial charge in [-0.1, -0.05) is 57.0 Å². The van der Waals surface area contributed by atoms with Crippen molar-refractivity contribution < 1.29 is 17.9 Å². The van der Waals surface area contributed by atoms with Crippen molar-refractivity contribution in [3.05, 3.63) is 71.5 Å². The van der Waals surface area contributed by atoms with Gasteiger partial charge in [0.05, 0.1) is 18.5 Å². The van der Waals surface area contributed by atoms with E-state index in [-0.39, 0.29) is 5.75 Å². The number of benzene rings is 1. The number of anilines is 1. The highest BCUT2D eigenvalue weighted by atomic mass is 32.2. The van der Waals surface area contributed by atoms with Gasteiger partial charge in [-0.25, -0.2) is 0 Å². The zero-order chi connectivity index (χ0) is 24.1. The largest absolute Gasteiger partial charge is 0.372 e. The first-order valence-electron chi connectivity index (χ1n) is 12.2. The number of nitrogens with one attached hydrogen (secondary N) is 1. The van der Waals surface area contributed by atoms with E-state index in [1.807, 2.05) is 0 Å². The van der Waals surface area contributed by atoms with Gasteiger partial charge >= 0.3 is 0 Å². The molecular weight excluding hydrogens is 432 g/mol. The highest BCUT2D eigenvalue weighted by molar-refractivity contribution is 7.85. The fraction of sp³-hybridized carbons (Fsp3) is 0.481. The Balaban J connectivity index is 1.89. The fourth-order valence-electron chi connectivity index (χ4n) is 3.81. The summed E-state index contributed by atoms with van der Waals surface area (Å²) >= 11 is 0. The van der Waals surface area contributed by atoms with Crippen molar-refractivity contribution in [3.63, 3.8) is 0 Å². The van der Waals surface area contributed by atoms with Crippen molar-refractivity contribution in [3.8, 4) is 0 Å². The summed E-state index contributed by atoms with van der Waals surface area (Å²) in [6.45, 7) is 10.3. The summed E-state index contributed by atoms with van der Waals surface area (Å²) in [6, 6.07) is 8.84. The first-order chi connectivity index (χ1) is 15.8. The molecule has 0 radical (unpaired) electrons. The van der Waals surface area contributed by atoms with Gasteiger partial charge < -0.3 is 9.80 Å². The molecular formula is C27H41N2O3S+. The quantitative estimate of drug-likeness (QED) is 0.304. The van der Waals surface area contributed by atoms with Crippen LogP contribution in [0.5, 0.6) is 0 Å². The monoisotopic (exact) mass is 473 g/mol. The predicted octanol–water partition coefficient (Wildman–Crippen LogP) is 4.67. The molecule has 1 heterocycles. The van der Waals surface area contributed by atoms with Gasteiger partial charge in [-0.3, -0.25) is 4.55 Å². The summed E-state index contributed by atoms with van der Waals surface area (Å²) in [5.41, 5.74) is 4.88. The average Bonchev–Trinajstić information content (AvgIpc) is 2.79. The molecule has 1 aliphatic rings. The van der Waals surface area contributed by atoms with Gasteiger partial charge in [0.25, 0.3) is 10.1 Å². The zero-order valence-corrected chi connectivity index (χ0v) is 21.3. The van der Waals surface area contributed by atoms with E-state index in [4.69, 9.17) is 4.55 Å². The number of rotatable bonds is 14. The Morgan fingerprint density at radius 3 is 2.30 bits per heavy atom. The molecule has 0 bridgehead atoms. The molecule has 0 fully saturated rings. The van der Waals surface area contributed by atoms with E-state index in [1.165, 1.54) is 53.0 Å². The Morgan fingerprint density at radius 2 is 1.76 bits per heavy atom. The maximum Gasteiger partial charge on any atom is 0.265 e. The third kappa shape index (κ3) is 10.5.